The van der Waals surface area contributed by atoms with Crippen LogP contribution in [0.15, 0.2) is 0 Å². The van der Waals surface area contributed by atoms with Crippen LogP contribution < -0.4 is 0 Å². The van der Waals surface area contributed by atoms with Crippen LogP contribution in [0.25, 0.3) is 0 Å². The molecule has 4 bridgehead atoms. The van der Waals surface area contributed by atoms with Crippen LogP contribution in [0.2, 0.25) is 0 Å². The normalized spacial score (nSPS) is 50.4. The zero-order valence-corrected chi connectivity index (χ0v) is 10.3. The molecule has 0 radical (unpaired) electrons. The average molecular weight is 219 g/mol. The highest BCUT2D eigenvalue weighted by molar-refractivity contribution is 5.16. The standard InChI is InChI=1S/C14H21NO/c1-12(2,9-15)13-4-10-3-11(5-13)7-14(16,6-10)8-13/h10-11,16H,3-8H2,1-2H3. The molecule has 0 aliphatic heterocycles. The summed E-state index contributed by atoms with van der Waals surface area (Å²) in [5, 5.41) is 20.0. The molecule has 0 aromatic heterocycles. The van der Waals surface area contributed by atoms with Crippen molar-refractivity contribution < 1.29 is 5.11 Å². The van der Waals surface area contributed by atoms with Crippen LogP contribution in [0.3, 0.4) is 0 Å². The average Bonchev–Trinajstić information content (AvgIpc) is 2.13. The number of rotatable bonds is 1. The lowest BCUT2D eigenvalue weighted by Gasteiger charge is -2.63. The molecule has 1 N–H and O–H groups in total. The summed E-state index contributed by atoms with van der Waals surface area (Å²) >= 11 is 0. The SMILES string of the molecule is CC(C)(C#N)C12CC3CC(CC(O)(C3)C1)C2. The third-order valence-electron chi connectivity index (χ3n) is 5.64. The van der Waals surface area contributed by atoms with E-state index in [1.807, 2.05) is 0 Å². The van der Waals surface area contributed by atoms with E-state index in [4.69, 9.17) is 0 Å². The topological polar surface area (TPSA) is 44.0 Å². The molecule has 0 spiro atoms. The highest BCUT2D eigenvalue weighted by Gasteiger charge is 2.62. The molecular weight excluding hydrogens is 198 g/mol. The Hall–Kier alpha value is -0.550. The van der Waals surface area contributed by atoms with Gasteiger partial charge in [0, 0.05) is 0 Å². The van der Waals surface area contributed by atoms with Gasteiger partial charge in [-0.15, -0.1) is 0 Å². The predicted molar refractivity (Wildman–Crippen MR) is 61.5 cm³/mol. The minimum atomic E-state index is -0.432. The second-order valence-corrected chi connectivity index (χ2v) is 7.20. The molecule has 0 aromatic carbocycles. The molecule has 88 valence electrons. The maximum atomic E-state index is 10.6. The second kappa shape index (κ2) is 2.82. The number of aliphatic hydroxyl groups is 1. The number of nitrogens with zero attached hydrogens (tertiary/aromatic N) is 1. The van der Waals surface area contributed by atoms with Crippen molar-refractivity contribution in [2.24, 2.45) is 22.7 Å². The van der Waals surface area contributed by atoms with E-state index < -0.39 is 5.60 Å². The third-order valence-corrected chi connectivity index (χ3v) is 5.64. The predicted octanol–water partition coefficient (Wildman–Crippen LogP) is 2.87. The minimum absolute atomic E-state index is 0.0978. The quantitative estimate of drug-likeness (QED) is 0.737. The molecule has 4 fully saturated rings. The molecule has 0 aromatic rings. The van der Waals surface area contributed by atoms with Crippen LogP contribution in [-0.4, -0.2) is 10.7 Å². The zero-order valence-electron chi connectivity index (χ0n) is 10.3. The minimum Gasteiger partial charge on any atom is -0.390 e. The van der Waals surface area contributed by atoms with E-state index in [2.05, 4.69) is 19.9 Å². The van der Waals surface area contributed by atoms with Gasteiger partial charge in [0.1, 0.15) is 0 Å². The van der Waals surface area contributed by atoms with Crippen molar-refractivity contribution in [3.8, 4) is 6.07 Å². The number of hydrogen-bond donors (Lipinski definition) is 1. The second-order valence-electron chi connectivity index (χ2n) is 7.20. The maximum Gasteiger partial charge on any atom is 0.0689 e. The van der Waals surface area contributed by atoms with Crippen molar-refractivity contribution >= 4 is 0 Å². The van der Waals surface area contributed by atoms with Crippen LogP contribution in [0.1, 0.15) is 52.4 Å². The van der Waals surface area contributed by atoms with E-state index in [0.29, 0.717) is 11.8 Å². The highest BCUT2D eigenvalue weighted by atomic mass is 16.3. The first-order chi connectivity index (χ1) is 7.38. The van der Waals surface area contributed by atoms with E-state index in [-0.39, 0.29) is 10.8 Å². The summed E-state index contributed by atoms with van der Waals surface area (Å²) in [7, 11) is 0. The van der Waals surface area contributed by atoms with Gasteiger partial charge in [0.05, 0.1) is 17.1 Å². The van der Waals surface area contributed by atoms with Crippen molar-refractivity contribution in [1.29, 1.82) is 5.26 Å². The summed E-state index contributed by atoms with van der Waals surface area (Å²) < 4.78 is 0. The van der Waals surface area contributed by atoms with Crippen molar-refractivity contribution in [1.82, 2.24) is 0 Å². The van der Waals surface area contributed by atoms with Crippen molar-refractivity contribution in [3.63, 3.8) is 0 Å². The lowest BCUT2D eigenvalue weighted by atomic mass is 9.42. The summed E-state index contributed by atoms with van der Waals surface area (Å²) in [6.45, 7) is 4.15. The van der Waals surface area contributed by atoms with Gasteiger partial charge < -0.3 is 5.11 Å². The Balaban J connectivity index is 2.02. The fourth-order valence-electron chi connectivity index (χ4n) is 5.06. The Labute approximate surface area is 97.7 Å². The summed E-state index contributed by atoms with van der Waals surface area (Å²) in [6.07, 6.45) is 6.50. The summed E-state index contributed by atoms with van der Waals surface area (Å²) in [5.41, 5.74) is -0.614. The third kappa shape index (κ3) is 1.21. The van der Waals surface area contributed by atoms with Crippen LogP contribution in [0.4, 0.5) is 0 Å². The van der Waals surface area contributed by atoms with Crippen molar-refractivity contribution in [3.05, 3.63) is 0 Å². The molecule has 0 heterocycles. The first-order valence-corrected chi connectivity index (χ1v) is 6.52. The van der Waals surface area contributed by atoms with E-state index in [1.165, 1.54) is 19.3 Å². The van der Waals surface area contributed by atoms with Gasteiger partial charge >= 0.3 is 0 Å². The molecule has 4 saturated carbocycles. The fourth-order valence-corrected chi connectivity index (χ4v) is 5.06. The van der Waals surface area contributed by atoms with Gasteiger partial charge in [-0.3, -0.25) is 0 Å². The molecule has 0 saturated heterocycles. The Morgan fingerprint density at radius 1 is 1.19 bits per heavy atom. The summed E-state index contributed by atoms with van der Waals surface area (Å²) in [4.78, 5) is 0. The lowest BCUT2D eigenvalue weighted by molar-refractivity contribution is -0.188. The molecule has 2 unspecified atom stereocenters. The largest absolute Gasteiger partial charge is 0.390 e. The number of nitriles is 1. The Bertz CT molecular complexity index is 351. The molecule has 16 heavy (non-hydrogen) atoms. The van der Waals surface area contributed by atoms with Gasteiger partial charge in [-0.25, -0.2) is 0 Å². The van der Waals surface area contributed by atoms with Gasteiger partial charge in [-0.1, -0.05) is 0 Å². The van der Waals surface area contributed by atoms with Gasteiger partial charge in [0.2, 0.25) is 0 Å². The molecule has 0 amide bonds. The fraction of sp³-hybridized carbons (Fsp3) is 0.929. The molecule has 2 atom stereocenters. The molecule has 4 aliphatic rings. The highest BCUT2D eigenvalue weighted by Crippen LogP contribution is 2.66. The van der Waals surface area contributed by atoms with Crippen LogP contribution in [0.5, 0.6) is 0 Å². The van der Waals surface area contributed by atoms with Gasteiger partial charge in [0.15, 0.2) is 0 Å². The van der Waals surface area contributed by atoms with E-state index in [1.54, 1.807) is 0 Å². The van der Waals surface area contributed by atoms with Crippen molar-refractivity contribution in [2.45, 2.75) is 58.0 Å². The zero-order chi connectivity index (χ0) is 11.6. The summed E-state index contributed by atoms with van der Waals surface area (Å²) in [5.74, 6) is 1.36. The molecular formula is C14H21NO. The Kier molecular flexibility index (Phi) is 1.87. The van der Waals surface area contributed by atoms with Crippen LogP contribution >= 0.6 is 0 Å². The first-order valence-electron chi connectivity index (χ1n) is 6.52. The molecule has 4 aliphatic carbocycles. The van der Waals surface area contributed by atoms with Crippen molar-refractivity contribution in [2.75, 3.05) is 0 Å². The Morgan fingerprint density at radius 2 is 1.75 bits per heavy atom. The molecule has 2 nitrogen and oxygen atoms in total. The van der Waals surface area contributed by atoms with Crippen LogP contribution in [-0.2, 0) is 0 Å². The van der Waals surface area contributed by atoms with Crippen LogP contribution in [0, 0.1) is 34.0 Å². The smallest absolute Gasteiger partial charge is 0.0689 e. The van der Waals surface area contributed by atoms with E-state index in [0.717, 1.165) is 19.3 Å². The maximum absolute atomic E-state index is 10.6. The Morgan fingerprint density at radius 3 is 2.19 bits per heavy atom. The number of hydrogen-bond acceptors (Lipinski definition) is 2. The summed E-state index contributed by atoms with van der Waals surface area (Å²) in [6, 6.07) is 2.50. The first kappa shape index (κ1) is 10.6. The van der Waals surface area contributed by atoms with E-state index >= 15 is 0 Å². The van der Waals surface area contributed by atoms with Gasteiger partial charge in [-0.2, -0.15) is 5.26 Å². The molecule has 2 heteroatoms. The van der Waals surface area contributed by atoms with Gasteiger partial charge in [-0.05, 0) is 69.6 Å². The molecule has 4 rings (SSSR count). The monoisotopic (exact) mass is 219 g/mol. The lowest BCUT2D eigenvalue weighted by Crippen LogP contribution is -2.59. The van der Waals surface area contributed by atoms with E-state index in [9.17, 15) is 10.4 Å². The van der Waals surface area contributed by atoms with Gasteiger partial charge in [0.25, 0.3) is 0 Å².